The highest BCUT2D eigenvalue weighted by atomic mass is 32.2. The van der Waals surface area contributed by atoms with Crippen molar-refractivity contribution in [2.45, 2.75) is 24.6 Å². The van der Waals surface area contributed by atoms with Crippen molar-refractivity contribution in [1.82, 2.24) is 4.90 Å². The van der Waals surface area contributed by atoms with E-state index in [1.807, 2.05) is 7.05 Å². The Kier molecular flexibility index (Phi) is 3.55. The van der Waals surface area contributed by atoms with Crippen molar-refractivity contribution in [3.05, 3.63) is 0 Å². The second-order valence-corrected chi connectivity index (χ2v) is 4.72. The topological polar surface area (TPSA) is 40.5 Å². The van der Waals surface area contributed by atoms with Crippen molar-refractivity contribution in [1.29, 1.82) is 0 Å². The summed E-state index contributed by atoms with van der Waals surface area (Å²) in [7, 11) is 1.99. The van der Waals surface area contributed by atoms with Crippen molar-refractivity contribution < 1.29 is 9.90 Å². The highest BCUT2D eigenvalue weighted by molar-refractivity contribution is 8.14. The molecule has 1 saturated heterocycles. The second-order valence-electron chi connectivity index (χ2n) is 3.24. The summed E-state index contributed by atoms with van der Waals surface area (Å²) in [6, 6.07) is 0.252. The molecule has 0 aromatic heterocycles. The van der Waals surface area contributed by atoms with Gasteiger partial charge in [-0.2, -0.15) is 0 Å². The minimum Gasteiger partial charge on any atom is -0.395 e. The number of rotatable bonds is 2. The number of likely N-dealkylation sites (tertiary alicyclic amines) is 1. The van der Waals surface area contributed by atoms with E-state index >= 15 is 0 Å². The van der Waals surface area contributed by atoms with Gasteiger partial charge in [0.25, 0.3) is 0 Å². The molecule has 0 aromatic rings. The van der Waals surface area contributed by atoms with E-state index < -0.39 is 0 Å². The Morgan fingerprint density at radius 1 is 1.75 bits per heavy atom. The molecule has 0 spiro atoms. The number of nitrogens with zero attached hydrogens (tertiary/aromatic N) is 1. The van der Waals surface area contributed by atoms with E-state index in [0.29, 0.717) is 5.25 Å². The molecule has 1 fully saturated rings. The van der Waals surface area contributed by atoms with Gasteiger partial charge in [-0.1, -0.05) is 11.8 Å². The summed E-state index contributed by atoms with van der Waals surface area (Å²) in [5.41, 5.74) is 0. The third-order valence-corrected chi connectivity index (χ3v) is 3.20. The van der Waals surface area contributed by atoms with Crippen LogP contribution in [0.15, 0.2) is 0 Å². The van der Waals surface area contributed by atoms with Crippen LogP contribution in [-0.2, 0) is 4.79 Å². The van der Waals surface area contributed by atoms with Crippen LogP contribution in [0.5, 0.6) is 0 Å². The fraction of sp³-hybridized carbons (Fsp3) is 0.875. The zero-order valence-electron chi connectivity index (χ0n) is 7.49. The van der Waals surface area contributed by atoms with Gasteiger partial charge in [-0.25, -0.2) is 0 Å². The Morgan fingerprint density at radius 3 is 2.83 bits per heavy atom. The zero-order chi connectivity index (χ0) is 9.14. The first-order valence-electron chi connectivity index (χ1n) is 4.11. The minimum absolute atomic E-state index is 0.173. The van der Waals surface area contributed by atoms with Gasteiger partial charge in [0.1, 0.15) is 0 Å². The lowest BCUT2D eigenvalue weighted by Crippen LogP contribution is -2.27. The molecule has 70 valence electrons. The molecule has 0 aliphatic carbocycles. The SMILES string of the molecule is CC(=O)S[C@H]1C[C@@H](CO)N(C)C1. The standard InChI is InChI=1S/C8H15NO2S/c1-6(11)12-8-3-7(5-10)9(2)4-8/h7-8,10H,3-5H2,1-2H3/t7-,8-/m0/s1. The van der Waals surface area contributed by atoms with Crippen molar-refractivity contribution >= 4 is 16.9 Å². The Balaban J connectivity index is 2.37. The molecule has 0 amide bonds. The van der Waals surface area contributed by atoms with Crippen LogP contribution in [0, 0.1) is 0 Å². The number of hydrogen-bond donors (Lipinski definition) is 1. The molecular formula is C8H15NO2S. The maximum Gasteiger partial charge on any atom is 0.186 e. The monoisotopic (exact) mass is 189 g/mol. The molecule has 3 nitrogen and oxygen atoms in total. The highest BCUT2D eigenvalue weighted by Crippen LogP contribution is 2.26. The van der Waals surface area contributed by atoms with Gasteiger partial charge in [-0.05, 0) is 13.5 Å². The van der Waals surface area contributed by atoms with Crippen molar-refractivity contribution in [2.75, 3.05) is 20.2 Å². The molecule has 0 unspecified atom stereocenters. The lowest BCUT2D eigenvalue weighted by molar-refractivity contribution is -0.109. The Bertz CT molecular complexity index is 174. The van der Waals surface area contributed by atoms with Crippen LogP contribution in [0.25, 0.3) is 0 Å². The van der Waals surface area contributed by atoms with Gasteiger partial charge in [-0.3, -0.25) is 9.69 Å². The first-order chi connectivity index (χ1) is 5.63. The Morgan fingerprint density at radius 2 is 2.42 bits per heavy atom. The van der Waals surface area contributed by atoms with Gasteiger partial charge >= 0.3 is 0 Å². The van der Waals surface area contributed by atoms with E-state index in [0.717, 1.165) is 13.0 Å². The lowest BCUT2D eigenvalue weighted by atomic mass is 10.2. The Labute approximate surface area is 77.1 Å². The maximum atomic E-state index is 10.8. The summed E-state index contributed by atoms with van der Waals surface area (Å²) in [6.07, 6.45) is 0.928. The van der Waals surface area contributed by atoms with E-state index in [1.165, 1.54) is 11.8 Å². The smallest absolute Gasteiger partial charge is 0.186 e. The van der Waals surface area contributed by atoms with Crippen LogP contribution in [0.2, 0.25) is 0 Å². The number of aliphatic hydroxyl groups excluding tert-OH is 1. The number of thioether (sulfide) groups is 1. The third-order valence-electron chi connectivity index (χ3n) is 2.19. The molecule has 0 saturated carbocycles. The van der Waals surface area contributed by atoms with Gasteiger partial charge < -0.3 is 5.11 Å². The molecule has 4 heteroatoms. The lowest BCUT2D eigenvalue weighted by Gasteiger charge is -2.15. The predicted molar refractivity (Wildman–Crippen MR) is 50.2 cm³/mol. The average molecular weight is 189 g/mol. The second kappa shape index (κ2) is 4.25. The third kappa shape index (κ3) is 2.47. The minimum atomic E-state index is 0.173. The number of likely N-dealkylation sites (N-methyl/N-ethyl adjacent to an activating group) is 1. The molecular weight excluding hydrogens is 174 g/mol. The van der Waals surface area contributed by atoms with Crippen LogP contribution in [0.3, 0.4) is 0 Å². The summed E-state index contributed by atoms with van der Waals surface area (Å²) < 4.78 is 0. The van der Waals surface area contributed by atoms with Crippen molar-refractivity contribution in [3.63, 3.8) is 0 Å². The molecule has 1 N–H and O–H groups in total. The van der Waals surface area contributed by atoms with Crippen LogP contribution in [-0.4, -0.2) is 46.6 Å². The van der Waals surface area contributed by atoms with Gasteiger partial charge in [0.15, 0.2) is 5.12 Å². The van der Waals surface area contributed by atoms with Crippen LogP contribution in [0.4, 0.5) is 0 Å². The fourth-order valence-electron chi connectivity index (χ4n) is 1.56. The molecule has 1 aliphatic rings. The first kappa shape index (κ1) is 10.0. The number of aliphatic hydroxyl groups is 1. The molecule has 12 heavy (non-hydrogen) atoms. The molecule has 1 rings (SSSR count). The van der Waals surface area contributed by atoms with Gasteiger partial charge in [0, 0.05) is 24.8 Å². The van der Waals surface area contributed by atoms with Gasteiger partial charge in [0.2, 0.25) is 0 Å². The summed E-state index contributed by atoms with van der Waals surface area (Å²) in [6.45, 7) is 2.71. The van der Waals surface area contributed by atoms with Crippen LogP contribution >= 0.6 is 11.8 Å². The van der Waals surface area contributed by atoms with E-state index in [9.17, 15) is 4.79 Å². The van der Waals surface area contributed by atoms with Crippen molar-refractivity contribution in [3.8, 4) is 0 Å². The number of hydrogen-bond acceptors (Lipinski definition) is 4. The molecule has 0 radical (unpaired) electrons. The van der Waals surface area contributed by atoms with E-state index in [2.05, 4.69) is 4.90 Å². The quantitative estimate of drug-likeness (QED) is 0.679. The van der Waals surface area contributed by atoms with E-state index in [4.69, 9.17) is 5.11 Å². The summed E-state index contributed by atoms with van der Waals surface area (Å²) in [5, 5.41) is 9.50. The maximum absolute atomic E-state index is 10.8. The summed E-state index contributed by atoms with van der Waals surface area (Å²) >= 11 is 1.39. The first-order valence-corrected chi connectivity index (χ1v) is 4.99. The van der Waals surface area contributed by atoms with E-state index in [1.54, 1.807) is 6.92 Å². The summed E-state index contributed by atoms with van der Waals surface area (Å²) in [5.74, 6) is 0. The van der Waals surface area contributed by atoms with Crippen molar-refractivity contribution in [2.24, 2.45) is 0 Å². The molecule has 0 aromatic carbocycles. The van der Waals surface area contributed by atoms with Gasteiger partial charge in [0.05, 0.1) is 6.61 Å². The van der Waals surface area contributed by atoms with Gasteiger partial charge in [-0.15, -0.1) is 0 Å². The molecule has 1 heterocycles. The largest absolute Gasteiger partial charge is 0.395 e. The van der Waals surface area contributed by atoms with E-state index in [-0.39, 0.29) is 17.8 Å². The number of carbonyl (C=O) groups is 1. The molecule has 0 bridgehead atoms. The van der Waals surface area contributed by atoms with Crippen LogP contribution in [0.1, 0.15) is 13.3 Å². The fourth-order valence-corrected chi connectivity index (χ4v) is 2.66. The highest BCUT2D eigenvalue weighted by Gasteiger charge is 2.29. The summed E-state index contributed by atoms with van der Waals surface area (Å²) in [4.78, 5) is 12.9. The average Bonchev–Trinajstić information content (AvgIpc) is 2.29. The zero-order valence-corrected chi connectivity index (χ0v) is 8.30. The molecule has 1 aliphatic heterocycles. The number of carbonyl (C=O) groups excluding carboxylic acids is 1. The predicted octanol–water partition coefficient (Wildman–Crippen LogP) is 0.331. The Hall–Kier alpha value is -0.0600. The molecule has 2 atom stereocenters. The normalized spacial score (nSPS) is 30.9. The van der Waals surface area contributed by atoms with Crippen LogP contribution < -0.4 is 0 Å².